The van der Waals surface area contributed by atoms with Crippen molar-refractivity contribution in [3.8, 4) is 0 Å². The van der Waals surface area contributed by atoms with Gasteiger partial charge in [-0.15, -0.1) is 12.4 Å². The number of thiazole rings is 1. The van der Waals surface area contributed by atoms with Gasteiger partial charge in [0.1, 0.15) is 0 Å². The highest BCUT2D eigenvalue weighted by Gasteiger charge is 2.19. The van der Waals surface area contributed by atoms with E-state index in [1.54, 1.807) is 11.3 Å². The van der Waals surface area contributed by atoms with Crippen molar-refractivity contribution in [2.45, 2.75) is 19.3 Å². The molecule has 0 aliphatic rings. The normalized spacial score (nSPS) is 10.9. The van der Waals surface area contributed by atoms with Gasteiger partial charge in [0.2, 0.25) is 5.91 Å². The number of halogens is 2. The summed E-state index contributed by atoms with van der Waals surface area (Å²) in [5, 5.41) is 0.792. The standard InChI is InChI=1S/C21H24BrN3OS.ClH/c1-24(2)13-6-14-25(20(26)12-9-16-7-4-3-5-8-16)21-23-18-11-10-17(22)15-19(18)27-21;/h3-5,7-8,10-11,15H,6,9,12-14H2,1-2H3;1H. The Morgan fingerprint density at radius 3 is 2.57 bits per heavy atom. The molecule has 0 saturated carbocycles. The van der Waals surface area contributed by atoms with Crippen molar-refractivity contribution < 1.29 is 4.79 Å². The van der Waals surface area contributed by atoms with Crippen molar-refractivity contribution in [2.24, 2.45) is 0 Å². The average molecular weight is 483 g/mol. The van der Waals surface area contributed by atoms with Gasteiger partial charge in [-0.1, -0.05) is 57.6 Å². The van der Waals surface area contributed by atoms with Crippen LogP contribution in [0.25, 0.3) is 10.2 Å². The molecule has 0 unspecified atom stereocenters. The molecule has 0 aliphatic heterocycles. The second-order valence-electron chi connectivity index (χ2n) is 6.80. The van der Waals surface area contributed by atoms with Gasteiger partial charge in [0.15, 0.2) is 5.13 Å². The summed E-state index contributed by atoms with van der Waals surface area (Å²) < 4.78 is 2.12. The number of hydrogen-bond donors (Lipinski definition) is 0. The lowest BCUT2D eigenvalue weighted by Gasteiger charge is -2.21. The Morgan fingerprint density at radius 2 is 1.86 bits per heavy atom. The van der Waals surface area contributed by atoms with Crippen LogP contribution in [0.4, 0.5) is 5.13 Å². The summed E-state index contributed by atoms with van der Waals surface area (Å²) in [5.74, 6) is 0.135. The highest BCUT2D eigenvalue weighted by atomic mass is 79.9. The number of anilines is 1. The molecular formula is C21H25BrClN3OS. The molecule has 3 rings (SSSR count). The number of benzene rings is 2. The van der Waals surface area contributed by atoms with Gasteiger partial charge >= 0.3 is 0 Å². The second-order valence-corrected chi connectivity index (χ2v) is 8.72. The van der Waals surface area contributed by atoms with Crippen LogP contribution in [0, 0.1) is 0 Å². The molecule has 1 aromatic heterocycles. The molecule has 0 bridgehead atoms. The summed E-state index contributed by atoms with van der Waals surface area (Å²) in [7, 11) is 4.10. The number of amides is 1. The first-order valence-corrected chi connectivity index (χ1v) is 10.7. The summed E-state index contributed by atoms with van der Waals surface area (Å²) in [5.41, 5.74) is 2.12. The van der Waals surface area contributed by atoms with Crippen LogP contribution in [-0.2, 0) is 11.2 Å². The predicted molar refractivity (Wildman–Crippen MR) is 125 cm³/mol. The fourth-order valence-electron chi connectivity index (χ4n) is 2.90. The van der Waals surface area contributed by atoms with E-state index in [0.717, 1.165) is 39.2 Å². The molecule has 1 heterocycles. The van der Waals surface area contributed by atoms with E-state index in [4.69, 9.17) is 4.98 Å². The van der Waals surface area contributed by atoms with Crippen molar-refractivity contribution >= 4 is 60.9 Å². The zero-order valence-corrected chi connectivity index (χ0v) is 19.3. The Labute approximate surface area is 185 Å². The molecule has 0 aliphatic carbocycles. The maximum Gasteiger partial charge on any atom is 0.229 e. The first-order chi connectivity index (χ1) is 13.0. The Kier molecular flexibility index (Phi) is 8.89. The molecule has 1 amide bonds. The van der Waals surface area contributed by atoms with Gasteiger partial charge in [0, 0.05) is 17.4 Å². The number of rotatable bonds is 8. The van der Waals surface area contributed by atoms with Crippen molar-refractivity contribution in [3.63, 3.8) is 0 Å². The minimum atomic E-state index is 0. The number of carbonyl (C=O) groups is 1. The quantitative estimate of drug-likeness (QED) is 0.431. The van der Waals surface area contributed by atoms with E-state index >= 15 is 0 Å². The van der Waals surface area contributed by atoms with Crippen LogP contribution in [0.5, 0.6) is 0 Å². The Hall–Kier alpha value is -1.47. The third kappa shape index (κ3) is 6.27. The molecule has 0 spiro atoms. The zero-order valence-electron chi connectivity index (χ0n) is 16.1. The van der Waals surface area contributed by atoms with Crippen molar-refractivity contribution in [2.75, 3.05) is 32.1 Å². The first kappa shape index (κ1) is 22.8. The molecule has 28 heavy (non-hydrogen) atoms. The molecule has 0 saturated heterocycles. The molecule has 150 valence electrons. The summed E-state index contributed by atoms with van der Waals surface area (Å²) in [6, 6.07) is 16.2. The average Bonchev–Trinajstić information content (AvgIpc) is 3.06. The maximum absolute atomic E-state index is 13.0. The van der Waals surface area contributed by atoms with Crippen LogP contribution in [0.15, 0.2) is 53.0 Å². The molecule has 3 aromatic rings. The number of hydrogen-bond acceptors (Lipinski definition) is 4. The lowest BCUT2D eigenvalue weighted by Crippen LogP contribution is -2.33. The van der Waals surface area contributed by atoms with Crippen LogP contribution in [-0.4, -0.2) is 43.0 Å². The number of aromatic nitrogens is 1. The van der Waals surface area contributed by atoms with Gasteiger partial charge in [-0.05, 0) is 57.2 Å². The van der Waals surface area contributed by atoms with Crippen molar-refractivity contribution in [3.05, 3.63) is 58.6 Å². The SMILES string of the molecule is CN(C)CCCN(C(=O)CCc1ccccc1)c1nc2ccc(Br)cc2s1.Cl. The summed E-state index contributed by atoms with van der Waals surface area (Å²) in [6.07, 6.45) is 2.16. The van der Waals surface area contributed by atoms with Gasteiger partial charge in [0.25, 0.3) is 0 Å². The van der Waals surface area contributed by atoms with Crippen LogP contribution in [0.2, 0.25) is 0 Å². The van der Waals surface area contributed by atoms with Gasteiger partial charge in [-0.25, -0.2) is 4.98 Å². The maximum atomic E-state index is 13.0. The lowest BCUT2D eigenvalue weighted by molar-refractivity contribution is -0.118. The molecule has 7 heteroatoms. The molecule has 4 nitrogen and oxygen atoms in total. The Morgan fingerprint density at radius 1 is 1.11 bits per heavy atom. The van der Waals surface area contributed by atoms with E-state index < -0.39 is 0 Å². The predicted octanol–water partition coefficient (Wildman–Crippen LogP) is 5.40. The Balaban J connectivity index is 0.00000280. The number of aryl methyl sites for hydroxylation is 1. The molecule has 0 N–H and O–H groups in total. The van der Waals surface area contributed by atoms with E-state index in [9.17, 15) is 4.79 Å². The molecular weight excluding hydrogens is 458 g/mol. The molecule has 0 atom stereocenters. The van der Waals surface area contributed by atoms with E-state index in [0.29, 0.717) is 13.0 Å². The highest BCUT2D eigenvalue weighted by Crippen LogP contribution is 2.31. The zero-order chi connectivity index (χ0) is 19.2. The highest BCUT2D eigenvalue weighted by molar-refractivity contribution is 9.10. The topological polar surface area (TPSA) is 36.4 Å². The number of carbonyl (C=O) groups excluding carboxylic acids is 1. The van der Waals surface area contributed by atoms with Crippen LogP contribution < -0.4 is 4.90 Å². The number of fused-ring (bicyclic) bond motifs is 1. The first-order valence-electron chi connectivity index (χ1n) is 9.08. The Bertz CT molecular complexity index is 901. The monoisotopic (exact) mass is 481 g/mol. The molecule has 0 radical (unpaired) electrons. The van der Waals surface area contributed by atoms with Crippen molar-refractivity contribution in [1.82, 2.24) is 9.88 Å². The van der Waals surface area contributed by atoms with E-state index in [2.05, 4.69) is 53.1 Å². The van der Waals surface area contributed by atoms with Gasteiger partial charge < -0.3 is 4.90 Å². The summed E-state index contributed by atoms with van der Waals surface area (Å²) >= 11 is 5.09. The van der Waals surface area contributed by atoms with Gasteiger partial charge in [-0.3, -0.25) is 9.69 Å². The van der Waals surface area contributed by atoms with E-state index in [-0.39, 0.29) is 18.3 Å². The van der Waals surface area contributed by atoms with Gasteiger partial charge in [-0.2, -0.15) is 0 Å². The van der Waals surface area contributed by atoms with E-state index in [1.165, 1.54) is 5.56 Å². The number of nitrogens with zero attached hydrogens (tertiary/aromatic N) is 3. The second kappa shape index (κ2) is 10.9. The fourth-order valence-corrected chi connectivity index (χ4v) is 4.47. The van der Waals surface area contributed by atoms with Gasteiger partial charge in [0.05, 0.1) is 10.2 Å². The third-order valence-corrected chi connectivity index (χ3v) is 5.86. The smallest absolute Gasteiger partial charge is 0.229 e. The summed E-state index contributed by atoms with van der Waals surface area (Å²) in [4.78, 5) is 21.7. The fraction of sp³-hybridized carbons (Fsp3) is 0.333. The van der Waals surface area contributed by atoms with Crippen LogP contribution in [0.1, 0.15) is 18.4 Å². The van der Waals surface area contributed by atoms with Crippen LogP contribution >= 0.6 is 39.7 Å². The van der Waals surface area contributed by atoms with Crippen LogP contribution in [0.3, 0.4) is 0 Å². The van der Waals surface area contributed by atoms with Crippen molar-refractivity contribution in [1.29, 1.82) is 0 Å². The summed E-state index contributed by atoms with van der Waals surface area (Å²) in [6.45, 7) is 1.63. The van der Waals surface area contributed by atoms with E-state index in [1.807, 2.05) is 35.2 Å². The largest absolute Gasteiger partial charge is 0.309 e. The lowest BCUT2D eigenvalue weighted by atomic mass is 10.1. The molecule has 0 fully saturated rings. The third-order valence-electron chi connectivity index (χ3n) is 4.33. The molecule has 2 aromatic carbocycles. The minimum Gasteiger partial charge on any atom is -0.309 e. The minimum absolute atomic E-state index is 0.